The van der Waals surface area contributed by atoms with E-state index in [2.05, 4.69) is 19.2 Å². The maximum Gasteiger partial charge on any atom is 0.231 e. The fourth-order valence-electron chi connectivity index (χ4n) is 1.82. The van der Waals surface area contributed by atoms with Gasteiger partial charge < -0.3 is 19.5 Å². The SMILES string of the molecule is CC(C)COCCNCc1cc(Cl)c2c(c1)OCO2. The number of ether oxygens (including phenoxy) is 3. The Hall–Kier alpha value is -0.970. The minimum absolute atomic E-state index is 0.245. The van der Waals surface area contributed by atoms with Gasteiger partial charge in [0, 0.05) is 19.7 Å². The zero-order chi connectivity index (χ0) is 13.7. The Morgan fingerprint density at radius 3 is 3.00 bits per heavy atom. The van der Waals surface area contributed by atoms with Crippen LogP contribution in [-0.2, 0) is 11.3 Å². The highest BCUT2D eigenvalue weighted by atomic mass is 35.5. The van der Waals surface area contributed by atoms with Gasteiger partial charge in [-0.3, -0.25) is 0 Å². The summed E-state index contributed by atoms with van der Waals surface area (Å²) in [5, 5.41) is 3.91. The molecular formula is C14H20ClNO3. The third-order valence-corrected chi connectivity index (χ3v) is 2.97. The van der Waals surface area contributed by atoms with Crippen LogP contribution in [0.5, 0.6) is 11.5 Å². The van der Waals surface area contributed by atoms with Crippen LogP contribution in [0.4, 0.5) is 0 Å². The van der Waals surface area contributed by atoms with E-state index in [-0.39, 0.29) is 6.79 Å². The first-order chi connectivity index (χ1) is 9.16. The van der Waals surface area contributed by atoms with Crippen molar-refractivity contribution in [3.05, 3.63) is 22.7 Å². The number of nitrogens with one attached hydrogen (secondary N) is 1. The third-order valence-electron chi connectivity index (χ3n) is 2.69. The highest BCUT2D eigenvalue weighted by Crippen LogP contribution is 2.39. The van der Waals surface area contributed by atoms with Crippen molar-refractivity contribution in [2.45, 2.75) is 20.4 Å². The Morgan fingerprint density at radius 1 is 1.37 bits per heavy atom. The van der Waals surface area contributed by atoms with Gasteiger partial charge in [-0.05, 0) is 23.6 Å². The van der Waals surface area contributed by atoms with Gasteiger partial charge in [-0.1, -0.05) is 25.4 Å². The molecule has 0 radical (unpaired) electrons. The predicted molar refractivity (Wildman–Crippen MR) is 74.9 cm³/mol. The molecule has 1 N–H and O–H groups in total. The molecular weight excluding hydrogens is 266 g/mol. The van der Waals surface area contributed by atoms with Gasteiger partial charge >= 0.3 is 0 Å². The van der Waals surface area contributed by atoms with Gasteiger partial charge in [-0.25, -0.2) is 0 Å². The maximum absolute atomic E-state index is 6.11. The minimum Gasteiger partial charge on any atom is -0.454 e. The van der Waals surface area contributed by atoms with Crippen LogP contribution in [0.2, 0.25) is 5.02 Å². The molecule has 2 rings (SSSR count). The van der Waals surface area contributed by atoms with Crippen molar-refractivity contribution in [2.24, 2.45) is 5.92 Å². The molecule has 0 atom stereocenters. The largest absolute Gasteiger partial charge is 0.454 e. The van der Waals surface area contributed by atoms with Crippen molar-refractivity contribution in [1.82, 2.24) is 5.32 Å². The number of hydrogen-bond acceptors (Lipinski definition) is 4. The van der Waals surface area contributed by atoms with E-state index in [0.717, 1.165) is 37.6 Å². The van der Waals surface area contributed by atoms with Crippen molar-refractivity contribution in [1.29, 1.82) is 0 Å². The van der Waals surface area contributed by atoms with Crippen LogP contribution in [0.3, 0.4) is 0 Å². The second kappa shape index (κ2) is 6.98. The number of benzene rings is 1. The van der Waals surface area contributed by atoms with Crippen LogP contribution in [0.25, 0.3) is 0 Å². The molecule has 0 spiro atoms. The van der Waals surface area contributed by atoms with E-state index >= 15 is 0 Å². The van der Waals surface area contributed by atoms with E-state index in [0.29, 0.717) is 16.7 Å². The molecule has 0 amide bonds. The van der Waals surface area contributed by atoms with Gasteiger partial charge in [0.25, 0.3) is 0 Å². The van der Waals surface area contributed by atoms with Crippen molar-refractivity contribution in [3.63, 3.8) is 0 Å². The molecule has 1 aromatic carbocycles. The lowest BCUT2D eigenvalue weighted by molar-refractivity contribution is 0.111. The molecule has 4 nitrogen and oxygen atoms in total. The van der Waals surface area contributed by atoms with Crippen LogP contribution >= 0.6 is 11.6 Å². The standard InChI is InChI=1S/C14H20ClNO3/c1-10(2)8-17-4-3-16-7-11-5-12(15)14-13(6-11)18-9-19-14/h5-6,10,16H,3-4,7-9H2,1-2H3. The predicted octanol–water partition coefficient (Wildman–Crippen LogP) is 2.83. The van der Waals surface area contributed by atoms with Gasteiger partial charge in [0.15, 0.2) is 11.5 Å². The van der Waals surface area contributed by atoms with Crippen molar-refractivity contribution >= 4 is 11.6 Å². The Bertz CT molecular complexity index is 423. The molecule has 0 saturated heterocycles. The Morgan fingerprint density at radius 2 is 2.21 bits per heavy atom. The number of hydrogen-bond donors (Lipinski definition) is 1. The van der Waals surface area contributed by atoms with Gasteiger partial charge in [-0.15, -0.1) is 0 Å². The fraction of sp³-hybridized carbons (Fsp3) is 0.571. The number of rotatable bonds is 7. The zero-order valence-corrected chi connectivity index (χ0v) is 12.1. The molecule has 1 aromatic rings. The summed E-state index contributed by atoms with van der Waals surface area (Å²) < 4.78 is 16.1. The molecule has 5 heteroatoms. The lowest BCUT2D eigenvalue weighted by Gasteiger charge is -2.09. The van der Waals surface area contributed by atoms with E-state index in [1.165, 1.54) is 0 Å². The van der Waals surface area contributed by atoms with E-state index in [4.69, 9.17) is 25.8 Å². The van der Waals surface area contributed by atoms with E-state index < -0.39 is 0 Å². The maximum atomic E-state index is 6.11. The quantitative estimate of drug-likeness (QED) is 0.782. The molecule has 19 heavy (non-hydrogen) atoms. The summed E-state index contributed by atoms with van der Waals surface area (Å²) in [6.07, 6.45) is 0. The summed E-state index contributed by atoms with van der Waals surface area (Å²) in [5.41, 5.74) is 1.08. The topological polar surface area (TPSA) is 39.7 Å². The van der Waals surface area contributed by atoms with Crippen molar-refractivity contribution < 1.29 is 14.2 Å². The molecule has 0 saturated carbocycles. The minimum atomic E-state index is 0.245. The number of fused-ring (bicyclic) bond motifs is 1. The molecule has 106 valence electrons. The van der Waals surface area contributed by atoms with Crippen LogP contribution in [0, 0.1) is 5.92 Å². The second-order valence-electron chi connectivity index (χ2n) is 4.96. The van der Waals surface area contributed by atoms with Crippen molar-refractivity contribution in [2.75, 3.05) is 26.6 Å². The Balaban J connectivity index is 1.73. The number of halogens is 1. The van der Waals surface area contributed by atoms with Crippen LogP contribution < -0.4 is 14.8 Å². The molecule has 0 aliphatic carbocycles. The molecule has 0 fully saturated rings. The normalized spacial score (nSPS) is 13.3. The monoisotopic (exact) mass is 285 g/mol. The highest BCUT2D eigenvalue weighted by Gasteiger charge is 2.17. The first kappa shape index (κ1) is 14.4. The first-order valence-electron chi connectivity index (χ1n) is 6.53. The Kier molecular flexibility index (Phi) is 5.31. The molecule has 0 aromatic heterocycles. The molecule has 1 heterocycles. The van der Waals surface area contributed by atoms with Crippen molar-refractivity contribution in [3.8, 4) is 11.5 Å². The molecule has 1 aliphatic heterocycles. The Labute approximate surface area is 119 Å². The lowest BCUT2D eigenvalue weighted by Crippen LogP contribution is -2.20. The average Bonchev–Trinajstić information content (AvgIpc) is 2.82. The summed E-state index contributed by atoms with van der Waals surface area (Å²) in [4.78, 5) is 0. The van der Waals surface area contributed by atoms with Gasteiger partial charge in [0.2, 0.25) is 6.79 Å². The average molecular weight is 286 g/mol. The fourth-order valence-corrected chi connectivity index (χ4v) is 2.11. The third kappa shape index (κ3) is 4.27. The van der Waals surface area contributed by atoms with E-state index in [1.54, 1.807) is 0 Å². The smallest absolute Gasteiger partial charge is 0.231 e. The lowest BCUT2D eigenvalue weighted by atomic mass is 10.2. The summed E-state index contributed by atoms with van der Waals surface area (Å²) in [6, 6.07) is 3.85. The van der Waals surface area contributed by atoms with Crippen LogP contribution in [-0.4, -0.2) is 26.6 Å². The molecule has 0 unspecified atom stereocenters. The van der Waals surface area contributed by atoms with Crippen LogP contribution in [0.1, 0.15) is 19.4 Å². The van der Waals surface area contributed by atoms with Crippen LogP contribution in [0.15, 0.2) is 12.1 Å². The molecule has 0 bridgehead atoms. The van der Waals surface area contributed by atoms with Gasteiger partial charge in [-0.2, -0.15) is 0 Å². The highest BCUT2D eigenvalue weighted by molar-refractivity contribution is 6.32. The summed E-state index contributed by atoms with van der Waals surface area (Å²) in [5.74, 6) is 1.94. The first-order valence-corrected chi connectivity index (χ1v) is 6.91. The van der Waals surface area contributed by atoms with Gasteiger partial charge in [0.05, 0.1) is 11.6 Å². The van der Waals surface area contributed by atoms with E-state index in [1.807, 2.05) is 12.1 Å². The molecule has 1 aliphatic rings. The summed E-state index contributed by atoms with van der Waals surface area (Å²) in [7, 11) is 0. The van der Waals surface area contributed by atoms with Gasteiger partial charge in [0.1, 0.15) is 0 Å². The second-order valence-corrected chi connectivity index (χ2v) is 5.36. The summed E-state index contributed by atoms with van der Waals surface area (Å²) in [6.45, 7) is 7.60. The van der Waals surface area contributed by atoms with E-state index in [9.17, 15) is 0 Å². The summed E-state index contributed by atoms with van der Waals surface area (Å²) >= 11 is 6.11. The zero-order valence-electron chi connectivity index (χ0n) is 11.4.